The molecule has 1 aromatic heterocycles. The first-order valence-electron chi connectivity index (χ1n) is 12.0. The summed E-state index contributed by atoms with van der Waals surface area (Å²) >= 11 is 0. The van der Waals surface area contributed by atoms with E-state index in [1.807, 2.05) is 30.3 Å². The lowest BCUT2D eigenvalue weighted by atomic mass is 10.1. The van der Waals surface area contributed by atoms with Crippen molar-refractivity contribution in [2.24, 2.45) is 0 Å². The molecule has 8 heteroatoms. The van der Waals surface area contributed by atoms with Crippen molar-refractivity contribution in [1.82, 2.24) is 4.90 Å². The third kappa shape index (κ3) is 4.93. The SMILES string of the molecule is COc1cccc(Oc2c(C)oc3c4c(ccc3c2=O)OCN(CCc2ccc(OC)c(OC)c2)C4)c1. The molecular weight excluding hydrogens is 474 g/mol. The van der Waals surface area contributed by atoms with Crippen molar-refractivity contribution in [3.63, 3.8) is 0 Å². The highest BCUT2D eigenvalue weighted by molar-refractivity contribution is 5.83. The van der Waals surface area contributed by atoms with Crippen LogP contribution in [0.5, 0.6) is 34.5 Å². The van der Waals surface area contributed by atoms with Crippen molar-refractivity contribution in [2.75, 3.05) is 34.6 Å². The molecule has 0 aliphatic carbocycles. The first kappa shape index (κ1) is 24.5. The van der Waals surface area contributed by atoms with E-state index >= 15 is 0 Å². The molecule has 0 N–H and O–H groups in total. The summed E-state index contributed by atoms with van der Waals surface area (Å²) < 4.78 is 34.1. The van der Waals surface area contributed by atoms with E-state index in [2.05, 4.69) is 4.90 Å². The molecule has 4 aromatic rings. The Bertz CT molecular complexity index is 1490. The van der Waals surface area contributed by atoms with Crippen molar-refractivity contribution in [3.8, 4) is 34.5 Å². The zero-order chi connectivity index (χ0) is 25.9. The lowest BCUT2D eigenvalue weighted by Crippen LogP contribution is -2.33. The second-order valence-electron chi connectivity index (χ2n) is 8.78. The van der Waals surface area contributed by atoms with Gasteiger partial charge in [-0.05, 0) is 55.3 Å². The average Bonchev–Trinajstić information content (AvgIpc) is 2.93. The summed E-state index contributed by atoms with van der Waals surface area (Å²) in [5.41, 5.74) is 2.27. The predicted molar refractivity (Wildman–Crippen MR) is 139 cm³/mol. The molecule has 192 valence electrons. The number of fused-ring (bicyclic) bond motifs is 3. The molecule has 0 atom stereocenters. The van der Waals surface area contributed by atoms with Gasteiger partial charge in [-0.2, -0.15) is 0 Å². The number of benzene rings is 3. The van der Waals surface area contributed by atoms with Crippen LogP contribution in [0.15, 0.2) is 63.8 Å². The number of nitrogens with zero attached hydrogens (tertiary/aromatic N) is 1. The van der Waals surface area contributed by atoms with Crippen LogP contribution in [0.1, 0.15) is 16.9 Å². The van der Waals surface area contributed by atoms with Crippen molar-refractivity contribution >= 4 is 11.0 Å². The zero-order valence-electron chi connectivity index (χ0n) is 21.3. The molecule has 37 heavy (non-hydrogen) atoms. The Morgan fingerprint density at radius 3 is 2.51 bits per heavy atom. The van der Waals surface area contributed by atoms with Gasteiger partial charge in [-0.1, -0.05) is 12.1 Å². The first-order valence-corrected chi connectivity index (χ1v) is 12.0. The molecule has 8 nitrogen and oxygen atoms in total. The summed E-state index contributed by atoms with van der Waals surface area (Å²) in [7, 11) is 4.83. The van der Waals surface area contributed by atoms with Gasteiger partial charge in [0, 0.05) is 19.2 Å². The van der Waals surface area contributed by atoms with Crippen LogP contribution in [0.25, 0.3) is 11.0 Å². The maximum atomic E-state index is 13.4. The summed E-state index contributed by atoms with van der Waals surface area (Å²) in [5, 5.41) is 0.451. The van der Waals surface area contributed by atoms with Crippen LogP contribution in [0.4, 0.5) is 0 Å². The van der Waals surface area contributed by atoms with E-state index in [0.717, 1.165) is 29.8 Å². The molecule has 0 saturated heterocycles. The molecule has 0 amide bonds. The minimum atomic E-state index is -0.230. The van der Waals surface area contributed by atoms with Gasteiger partial charge < -0.3 is 28.1 Å². The summed E-state index contributed by atoms with van der Waals surface area (Å²) in [6.07, 6.45) is 0.797. The molecule has 2 heterocycles. The van der Waals surface area contributed by atoms with Crippen LogP contribution in [0.3, 0.4) is 0 Å². The second-order valence-corrected chi connectivity index (χ2v) is 8.78. The standard InChI is InChI=1S/C29H29NO7/c1-18-28(37-21-7-5-6-20(15-21)32-2)27(31)22-9-11-24-23(29(22)36-18)16-30(17-35-24)13-12-19-8-10-25(33-3)26(14-19)34-4/h5-11,14-15H,12-13,16-17H2,1-4H3. The summed E-state index contributed by atoms with van der Waals surface area (Å²) in [6, 6.07) is 16.6. The smallest absolute Gasteiger partial charge is 0.235 e. The fourth-order valence-corrected chi connectivity index (χ4v) is 4.47. The summed E-state index contributed by atoms with van der Waals surface area (Å²) in [4.78, 5) is 15.6. The van der Waals surface area contributed by atoms with Crippen molar-refractivity contribution in [3.05, 3.63) is 81.7 Å². The molecule has 5 rings (SSSR count). The average molecular weight is 504 g/mol. The Kier molecular flexibility index (Phi) is 6.92. The highest BCUT2D eigenvalue weighted by atomic mass is 16.5. The van der Waals surface area contributed by atoms with Crippen LogP contribution in [-0.2, 0) is 13.0 Å². The quantitative estimate of drug-likeness (QED) is 0.320. The topological polar surface area (TPSA) is 79.6 Å². The van der Waals surface area contributed by atoms with Crippen molar-refractivity contribution in [2.45, 2.75) is 19.9 Å². The molecule has 1 aliphatic rings. The maximum Gasteiger partial charge on any atom is 0.235 e. The fraction of sp³-hybridized carbons (Fsp3) is 0.276. The molecule has 0 spiro atoms. The highest BCUT2D eigenvalue weighted by Gasteiger charge is 2.24. The van der Waals surface area contributed by atoms with Gasteiger partial charge >= 0.3 is 0 Å². The molecule has 0 bridgehead atoms. The Hall–Kier alpha value is -4.17. The number of rotatable bonds is 8. The van der Waals surface area contributed by atoms with Gasteiger partial charge in [0.25, 0.3) is 0 Å². The van der Waals surface area contributed by atoms with E-state index in [1.54, 1.807) is 52.5 Å². The lowest BCUT2D eigenvalue weighted by molar-refractivity contribution is 0.0967. The van der Waals surface area contributed by atoms with Gasteiger partial charge in [-0.3, -0.25) is 9.69 Å². The Labute approximate surface area is 214 Å². The van der Waals surface area contributed by atoms with Gasteiger partial charge in [0.2, 0.25) is 11.2 Å². The normalized spacial score (nSPS) is 13.1. The van der Waals surface area contributed by atoms with E-state index in [0.29, 0.717) is 53.0 Å². The first-order chi connectivity index (χ1) is 18.0. The van der Waals surface area contributed by atoms with Crippen LogP contribution in [-0.4, -0.2) is 39.5 Å². The van der Waals surface area contributed by atoms with Gasteiger partial charge in [-0.15, -0.1) is 0 Å². The Balaban J connectivity index is 1.39. The third-order valence-electron chi connectivity index (χ3n) is 6.45. The maximum absolute atomic E-state index is 13.4. The number of methoxy groups -OCH3 is 3. The number of hydrogen-bond acceptors (Lipinski definition) is 8. The second kappa shape index (κ2) is 10.4. The summed E-state index contributed by atoms with van der Waals surface area (Å²) in [6.45, 7) is 3.53. The van der Waals surface area contributed by atoms with Gasteiger partial charge in [0.15, 0.2) is 11.5 Å². The number of hydrogen-bond donors (Lipinski definition) is 0. The number of ether oxygens (including phenoxy) is 5. The molecule has 3 aromatic carbocycles. The largest absolute Gasteiger partial charge is 0.497 e. The highest BCUT2D eigenvalue weighted by Crippen LogP contribution is 2.35. The van der Waals surface area contributed by atoms with Crippen LogP contribution in [0.2, 0.25) is 0 Å². The van der Waals surface area contributed by atoms with Crippen molar-refractivity contribution in [1.29, 1.82) is 0 Å². The Morgan fingerprint density at radius 1 is 0.919 bits per heavy atom. The van der Waals surface area contributed by atoms with Gasteiger partial charge in [-0.25, -0.2) is 0 Å². The van der Waals surface area contributed by atoms with E-state index in [4.69, 9.17) is 28.1 Å². The van der Waals surface area contributed by atoms with Crippen LogP contribution in [0, 0.1) is 6.92 Å². The predicted octanol–water partition coefficient (Wildman–Crippen LogP) is 5.31. The molecule has 0 saturated carbocycles. The van der Waals surface area contributed by atoms with Gasteiger partial charge in [0.1, 0.15) is 35.3 Å². The lowest BCUT2D eigenvalue weighted by Gasteiger charge is -2.29. The molecular formula is C29H29NO7. The molecule has 0 radical (unpaired) electrons. The van der Waals surface area contributed by atoms with E-state index in [1.165, 1.54) is 0 Å². The minimum absolute atomic E-state index is 0.155. The molecule has 0 unspecified atom stereocenters. The van der Waals surface area contributed by atoms with E-state index < -0.39 is 0 Å². The van der Waals surface area contributed by atoms with Crippen LogP contribution >= 0.6 is 0 Å². The fourth-order valence-electron chi connectivity index (χ4n) is 4.47. The Morgan fingerprint density at radius 2 is 1.73 bits per heavy atom. The monoisotopic (exact) mass is 503 g/mol. The minimum Gasteiger partial charge on any atom is -0.497 e. The molecule has 0 fully saturated rings. The number of aryl methyl sites for hydroxylation is 1. The third-order valence-corrected chi connectivity index (χ3v) is 6.45. The molecule has 1 aliphatic heterocycles. The zero-order valence-corrected chi connectivity index (χ0v) is 21.3. The van der Waals surface area contributed by atoms with E-state index in [9.17, 15) is 4.79 Å². The van der Waals surface area contributed by atoms with Crippen LogP contribution < -0.4 is 29.1 Å². The van der Waals surface area contributed by atoms with Gasteiger partial charge in [0.05, 0.1) is 32.3 Å². The van der Waals surface area contributed by atoms with E-state index in [-0.39, 0.29) is 11.2 Å². The van der Waals surface area contributed by atoms with Crippen molar-refractivity contribution < 1.29 is 28.1 Å². The summed E-state index contributed by atoms with van der Waals surface area (Å²) in [5.74, 6) is 3.82.